The van der Waals surface area contributed by atoms with Crippen molar-refractivity contribution in [2.75, 3.05) is 38.3 Å². The monoisotopic (exact) mass is 370 g/mol. The number of aromatic nitrogens is 2. The first-order valence-corrected chi connectivity index (χ1v) is 9.56. The van der Waals surface area contributed by atoms with E-state index in [1.165, 1.54) is 16.7 Å². The van der Waals surface area contributed by atoms with Crippen LogP contribution in [0.25, 0.3) is 0 Å². The minimum Gasteiger partial charge on any atom is -0.496 e. The van der Waals surface area contributed by atoms with Gasteiger partial charge in [-0.05, 0) is 56.0 Å². The maximum Gasteiger partial charge on any atom is 0.132 e. The molecule has 146 valence electrons. The molecule has 2 aromatic rings. The molecule has 0 spiro atoms. The number of aryl methyl sites for hydroxylation is 1. The highest BCUT2D eigenvalue weighted by Crippen LogP contribution is 2.27. The molecule has 1 saturated heterocycles. The van der Waals surface area contributed by atoms with Gasteiger partial charge in [-0.2, -0.15) is 0 Å². The fourth-order valence-electron chi connectivity index (χ4n) is 3.81. The lowest BCUT2D eigenvalue weighted by molar-refractivity contribution is 0.135. The van der Waals surface area contributed by atoms with Crippen LogP contribution in [0, 0.1) is 20.8 Å². The van der Waals surface area contributed by atoms with E-state index in [1.807, 2.05) is 19.2 Å². The predicted octanol–water partition coefficient (Wildman–Crippen LogP) is 2.48. The number of rotatable bonds is 6. The Hall–Kier alpha value is -2.18. The van der Waals surface area contributed by atoms with Gasteiger partial charge in [-0.3, -0.25) is 4.90 Å². The number of ether oxygens (including phenoxy) is 1. The molecular weight excluding hydrogens is 340 g/mol. The molecule has 1 N–H and O–H groups in total. The number of aliphatic hydroxyl groups is 1. The van der Waals surface area contributed by atoms with E-state index in [4.69, 9.17) is 4.74 Å². The minimum atomic E-state index is 0.193. The molecular formula is C21H30N4O2. The third kappa shape index (κ3) is 4.39. The van der Waals surface area contributed by atoms with Gasteiger partial charge in [-0.15, -0.1) is 0 Å². The van der Waals surface area contributed by atoms with E-state index in [2.05, 4.69) is 45.7 Å². The van der Waals surface area contributed by atoms with E-state index in [-0.39, 0.29) is 6.61 Å². The Morgan fingerprint density at radius 2 is 1.96 bits per heavy atom. The lowest BCUT2D eigenvalue weighted by atomic mass is 10.00. The van der Waals surface area contributed by atoms with Crippen molar-refractivity contribution < 1.29 is 9.84 Å². The van der Waals surface area contributed by atoms with Crippen LogP contribution >= 0.6 is 0 Å². The summed E-state index contributed by atoms with van der Waals surface area (Å²) in [5.41, 5.74) is 3.80. The molecule has 2 heterocycles. The van der Waals surface area contributed by atoms with Crippen LogP contribution in [0.2, 0.25) is 0 Å². The Morgan fingerprint density at radius 1 is 1.15 bits per heavy atom. The molecule has 0 saturated carbocycles. The molecule has 1 aromatic heterocycles. The molecule has 6 nitrogen and oxygen atoms in total. The summed E-state index contributed by atoms with van der Waals surface area (Å²) < 4.78 is 5.44. The fraction of sp³-hybridized carbons (Fsp3) is 0.524. The molecule has 0 aliphatic carbocycles. The van der Waals surface area contributed by atoms with E-state index in [0.29, 0.717) is 6.04 Å². The number of anilines is 1. The number of aliphatic hydroxyl groups excluding tert-OH is 1. The minimum absolute atomic E-state index is 0.193. The Morgan fingerprint density at radius 3 is 2.67 bits per heavy atom. The second-order valence-electron chi connectivity index (χ2n) is 7.22. The number of piperazine rings is 1. The molecule has 0 radical (unpaired) electrons. The number of nitrogens with zero attached hydrogens (tertiary/aromatic N) is 4. The smallest absolute Gasteiger partial charge is 0.132 e. The summed E-state index contributed by atoms with van der Waals surface area (Å²) in [6.45, 7) is 10.00. The summed E-state index contributed by atoms with van der Waals surface area (Å²) in [5, 5.41) is 9.58. The van der Waals surface area contributed by atoms with Gasteiger partial charge in [0, 0.05) is 45.0 Å². The van der Waals surface area contributed by atoms with Crippen LogP contribution in [-0.4, -0.2) is 59.4 Å². The average molecular weight is 370 g/mol. The molecule has 1 fully saturated rings. The van der Waals surface area contributed by atoms with Gasteiger partial charge in [0.25, 0.3) is 0 Å². The van der Waals surface area contributed by atoms with Crippen LogP contribution in [0.4, 0.5) is 5.82 Å². The molecule has 6 heteroatoms. The number of methoxy groups -OCH3 is 1. The van der Waals surface area contributed by atoms with Crippen molar-refractivity contribution in [3.8, 4) is 5.75 Å². The zero-order valence-electron chi connectivity index (χ0n) is 16.8. The maximum atomic E-state index is 9.58. The van der Waals surface area contributed by atoms with Crippen molar-refractivity contribution in [1.82, 2.24) is 14.9 Å². The van der Waals surface area contributed by atoms with Crippen LogP contribution in [0.15, 0.2) is 24.4 Å². The van der Waals surface area contributed by atoms with Crippen molar-refractivity contribution in [3.05, 3.63) is 46.9 Å². The third-order valence-corrected chi connectivity index (χ3v) is 5.60. The van der Waals surface area contributed by atoms with Gasteiger partial charge in [0.2, 0.25) is 0 Å². The summed E-state index contributed by atoms with van der Waals surface area (Å²) >= 11 is 0. The van der Waals surface area contributed by atoms with Gasteiger partial charge in [0.05, 0.1) is 7.11 Å². The Balaban J connectivity index is 1.76. The number of benzene rings is 1. The fourth-order valence-corrected chi connectivity index (χ4v) is 3.81. The van der Waals surface area contributed by atoms with Crippen LogP contribution < -0.4 is 9.64 Å². The highest BCUT2D eigenvalue weighted by atomic mass is 16.5. The highest BCUT2D eigenvalue weighted by Gasteiger charge is 2.28. The maximum absolute atomic E-state index is 9.58. The molecule has 27 heavy (non-hydrogen) atoms. The lowest BCUT2D eigenvalue weighted by Crippen LogP contribution is -2.53. The van der Waals surface area contributed by atoms with Gasteiger partial charge in [0.1, 0.15) is 17.4 Å². The molecule has 0 unspecified atom stereocenters. The first-order chi connectivity index (χ1) is 13.0. The molecule has 3 rings (SSSR count). The van der Waals surface area contributed by atoms with Crippen LogP contribution in [-0.2, 0) is 6.54 Å². The summed E-state index contributed by atoms with van der Waals surface area (Å²) in [5.74, 6) is 2.70. The Kier molecular flexibility index (Phi) is 6.29. The first kappa shape index (κ1) is 19.6. The van der Waals surface area contributed by atoms with Gasteiger partial charge >= 0.3 is 0 Å². The molecule has 0 amide bonds. The zero-order valence-corrected chi connectivity index (χ0v) is 16.8. The van der Waals surface area contributed by atoms with Crippen LogP contribution in [0.3, 0.4) is 0 Å². The summed E-state index contributed by atoms with van der Waals surface area (Å²) in [4.78, 5) is 13.5. The van der Waals surface area contributed by atoms with E-state index in [1.54, 1.807) is 7.11 Å². The third-order valence-electron chi connectivity index (χ3n) is 5.60. The topological polar surface area (TPSA) is 61.7 Å². The van der Waals surface area contributed by atoms with Gasteiger partial charge in [0.15, 0.2) is 0 Å². The Bertz CT molecular complexity index is 781. The second kappa shape index (κ2) is 8.67. The van der Waals surface area contributed by atoms with Gasteiger partial charge < -0.3 is 14.7 Å². The SMILES string of the molecule is COc1ccc(CN2CCN(c3ccnc(C)n3)C[C@H]2CCO)c(C)c1C. The lowest BCUT2D eigenvalue weighted by Gasteiger charge is -2.42. The average Bonchev–Trinajstić information content (AvgIpc) is 2.67. The highest BCUT2D eigenvalue weighted by molar-refractivity contribution is 5.44. The molecule has 0 bridgehead atoms. The summed E-state index contributed by atoms with van der Waals surface area (Å²) in [6.07, 6.45) is 2.57. The number of hydrogen-bond acceptors (Lipinski definition) is 6. The van der Waals surface area contributed by atoms with E-state index in [0.717, 1.165) is 50.0 Å². The normalized spacial score (nSPS) is 18.0. The van der Waals surface area contributed by atoms with Crippen molar-refractivity contribution in [2.24, 2.45) is 0 Å². The number of hydrogen-bond donors (Lipinski definition) is 1. The largest absolute Gasteiger partial charge is 0.496 e. The molecule has 1 atom stereocenters. The zero-order chi connectivity index (χ0) is 19.4. The van der Waals surface area contributed by atoms with Crippen molar-refractivity contribution in [1.29, 1.82) is 0 Å². The van der Waals surface area contributed by atoms with Gasteiger partial charge in [-0.1, -0.05) is 6.07 Å². The van der Waals surface area contributed by atoms with E-state index >= 15 is 0 Å². The summed E-state index contributed by atoms with van der Waals surface area (Å²) in [7, 11) is 1.72. The standard InChI is InChI=1S/C21H30N4O2/c1-15-16(2)20(27-4)6-5-18(15)13-24-10-11-25(14-19(24)8-12-26)21-7-9-22-17(3)23-21/h5-7,9,19,26H,8,10-14H2,1-4H3/t19-/m1/s1. The van der Waals surface area contributed by atoms with Crippen molar-refractivity contribution in [3.63, 3.8) is 0 Å². The van der Waals surface area contributed by atoms with E-state index in [9.17, 15) is 5.11 Å². The second-order valence-corrected chi connectivity index (χ2v) is 7.22. The van der Waals surface area contributed by atoms with Gasteiger partial charge in [-0.25, -0.2) is 9.97 Å². The first-order valence-electron chi connectivity index (χ1n) is 9.56. The summed E-state index contributed by atoms with van der Waals surface area (Å²) in [6, 6.07) is 6.48. The molecule has 1 aliphatic heterocycles. The van der Waals surface area contributed by atoms with Crippen LogP contribution in [0.5, 0.6) is 5.75 Å². The van der Waals surface area contributed by atoms with Crippen LogP contribution in [0.1, 0.15) is 28.9 Å². The Labute approximate surface area is 161 Å². The van der Waals surface area contributed by atoms with E-state index < -0.39 is 0 Å². The van der Waals surface area contributed by atoms with Crippen molar-refractivity contribution in [2.45, 2.75) is 39.8 Å². The quantitative estimate of drug-likeness (QED) is 0.843. The molecule has 1 aliphatic rings. The molecule has 1 aromatic carbocycles. The predicted molar refractivity (Wildman–Crippen MR) is 107 cm³/mol. The van der Waals surface area contributed by atoms with Crippen molar-refractivity contribution >= 4 is 5.82 Å².